The van der Waals surface area contributed by atoms with Gasteiger partial charge < -0.3 is 4.90 Å². The van der Waals surface area contributed by atoms with Gasteiger partial charge in [-0.1, -0.05) is 237 Å². The van der Waals surface area contributed by atoms with Gasteiger partial charge >= 0.3 is 0 Å². The van der Waals surface area contributed by atoms with Crippen molar-refractivity contribution in [3.05, 3.63) is 318 Å². The maximum Gasteiger partial charge on any atom is 0.0713 e. The monoisotopic (exact) mass is 891 g/mol. The predicted molar refractivity (Wildman–Crippen MR) is 292 cm³/mol. The first kappa shape index (κ1) is 41.4. The SMILES string of the molecule is CC1(c2ccccc2)c2ccccc2-c2ccc(-c3ccc(N(c4ccc(-c5ccc6c(c5)C(c5ccccc5)(c5ccccc5)c5ccccc5-6)cc4)c4ccccc4-c4ccccc4)cc3)cc21. The molecule has 2 aliphatic rings. The molecule has 70 heavy (non-hydrogen) atoms. The van der Waals surface area contributed by atoms with Crippen LogP contribution in [0.3, 0.4) is 0 Å². The molecule has 1 atom stereocenters. The van der Waals surface area contributed by atoms with Crippen molar-refractivity contribution in [1.29, 1.82) is 0 Å². The summed E-state index contributed by atoms with van der Waals surface area (Å²) in [5.41, 5.74) is 24.1. The van der Waals surface area contributed by atoms with Crippen LogP contribution in [0, 0.1) is 0 Å². The van der Waals surface area contributed by atoms with E-state index >= 15 is 0 Å². The first-order chi connectivity index (χ1) is 34.6. The number of nitrogens with zero attached hydrogens (tertiary/aromatic N) is 1. The standard InChI is InChI=1S/C69H49N/c1-68(53-22-8-3-9-23-53)63-31-17-14-29-59(63)61-44-38-51(46-65(61)68)48-34-40-56(41-35-48)70(67-33-19-16-28-58(67)50-20-6-2-7-21-50)57-42-36-49(37-43-57)52-39-45-62-60-30-15-18-32-64(60)69(66(62)47-52,54-24-10-4-11-25-54)55-26-12-5-13-27-55/h2-47H,1H3. The minimum Gasteiger partial charge on any atom is -0.310 e. The fourth-order valence-electron chi connectivity index (χ4n) is 11.9. The first-order valence-electron chi connectivity index (χ1n) is 24.4. The summed E-state index contributed by atoms with van der Waals surface area (Å²) in [5, 5.41) is 0. The lowest BCUT2D eigenvalue weighted by Gasteiger charge is -2.34. The Morgan fingerprint density at radius 1 is 0.257 bits per heavy atom. The zero-order valence-electron chi connectivity index (χ0n) is 39.0. The van der Waals surface area contributed by atoms with Gasteiger partial charge in [-0.05, 0) is 138 Å². The smallest absolute Gasteiger partial charge is 0.0713 e. The van der Waals surface area contributed by atoms with Gasteiger partial charge in [-0.25, -0.2) is 0 Å². The third-order valence-corrected chi connectivity index (χ3v) is 15.3. The number of para-hydroxylation sites is 1. The molecule has 0 spiro atoms. The van der Waals surface area contributed by atoms with Crippen molar-refractivity contribution in [2.24, 2.45) is 0 Å². The third-order valence-electron chi connectivity index (χ3n) is 15.3. The molecule has 330 valence electrons. The van der Waals surface area contributed by atoms with Crippen LogP contribution in [0.25, 0.3) is 55.6 Å². The minimum absolute atomic E-state index is 0.259. The molecular formula is C69H49N. The lowest BCUT2D eigenvalue weighted by atomic mass is 9.67. The highest BCUT2D eigenvalue weighted by Gasteiger charge is 2.46. The van der Waals surface area contributed by atoms with E-state index in [1.54, 1.807) is 0 Å². The Bertz CT molecular complexity index is 3650. The molecule has 0 amide bonds. The van der Waals surface area contributed by atoms with Gasteiger partial charge in [0, 0.05) is 22.4 Å². The van der Waals surface area contributed by atoms with Gasteiger partial charge in [-0.2, -0.15) is 0 Å². The lowest BCUT2D eigenvalue weighted by Crippen LogP contribution is -2.28. The molecule has 0 saturated heterocycles. The molecule has 1 nitrogen and oxygen atoms in total. The van der Waals surface area contributed by atoms with E-state index in [-0.39, 0.29) is 5.41 Å². The Morgan fingerprint density at radius 2 is 0.643 bits per heavy atom. The molecule has 0 fully saturated rings. The van der Waals surface area contributed by atoms with E-state index in [0.29, 0.717) is 0 Å². The summed E-state index contributed by atoms with van der Waals surface area (Å²) in [7, 11) is 0. The van der Waals surface area contributed by atoms with Gasteiger partial charge in [0.05, 0.1) is 11.1 Å². The van der Waals surface area contributed by atoms with Crippen LogP contribution in [0.1, 0.15) is 45.9 Å². The van der Waals surface area contributed by atoms with E-state index in [9.17, 15) is 0 Å². The molecule has 0 aromatic heterocycles. The van der Waals surface area contributed by atoms with E-state index < -0.39 is 5.41 Å². The molecule has 1 unspecified atom stereocenters. The quantitative estimate of drug-likeness (QED) is 0.140. The van der Waals surface area contributed by atoms with E-state index in [2.05, 4.69) is 291 Å². The molecule has 0 bridgehead atoms. The molecule has 11 aromatic rings. The Kier molecular flexibility index (Phi) is 9.92. The Labute approximate surface area is 411 Å². The van der Waals surface area contributed by atoms with Crippen molar-refractivity contribution in [1.82, 2.24) is 0 Å². The van der Waals surface area contributed by atoms with E-state index in [1.165, 1.54) is 94.6 Å². The highest BCUT2D eigenvalue weighted by atomic mass is 15.1. The predicted octanol–water partition coefficient (Wildman–Crippen LogP) is 17.9. The lowest BCUT2D eigenvalue weighted by molar-refractivity contribution is 0.714. The molecule has 0 saturated carbocycles. The first-order valence-corrected chi connectivity index (χ1v) is 24.4. The van der Waals surface area contributed by atoms with Crippen molar-refractivity contribution in [3.63, 3.8) is 0 Å². The van der Waals surface area contributed by atoms with Crippen LogP contribution in [0.15, 0.2) is 279 Å². The average Bonchev–Trinajstić information content (AvgIpc) is 3.89. The van der Waals surface area contributed by atoms with Crippen molar-refractivity contribution < 1.29 is 0 Å². The maximum atomic E-state index is 2.45. The number of hydrogen-bond donors (Lipinski definition) is 0. The van der Waals surface area contributed by atoms with Crippen molar-refractivity contribution >= 4 is 17.1 Å². The number of rotatable bonds is 9. The van der Waals surface area contributed by atoms with E-state index in [4.69, 9.17) is 0 Å². The van der Waals surface area contributed by atoms with Crippen LogP contribution in [0.2, 0.25) is 0 Å². The summed E-state index contributed by atoms with van der Waals surface area (Å²) < 4.78 is 0. The molecule has 0 aliphatic heterocycles. The van der Waals surface area contributed by atoms with Crippen LogP contribution < -0.4 is 4.90 Å². The Balaban J connectivity index is 0.908. The molecule has 0 N–H and O–H groups in total. The number of benzene rings is 11. The largest absolute Gasteiger partial charge is 0.310 e. The molecule has 11 aromatic carbocycles. The maximum absolute atomic E-state index is 2.45. The molecule has 2 aliphatic carbocycles. The molecule has 1 heteroatoms. The summed E-state index contributed by atoms with van der Waals surface area (Å²) >= 11 is 0. The average molecular weight is 892 g/mol. The zero-order valence-corrected chi connectivity index (χ0v) is 39.0. The number of anilines is 3. The van der Waals surface area contributed by atoms with Crippen LogP contribution in [0.4, 0.5) is 17.1 Å². The van der Waals surface area contributed by atoms with Gasteiger partial charge in [0.1, 0.15) is 0 Å². The molecule has 0 heterocycles. The Morgan fingerprint density at radius 3 is 1.20 bits per heavy atom. The highest BCUT2D eigenvalue weighted by Crippen LogP contribution is 2.57. The van der Waals surface area contributed by atoms with E-state index in [0.717, 1.165) is 17.1 Å². The van der Waals surface area contributed by atoms with Crippen LogP contribution in [-0.2, 0) is 10.8 Å². The van der Waals surface area contributed by atoms with Crippen molar-refractivity contribution in [2.75, 3.05) is 4.90 Å². The highest BCUT2D eigenvalue weighted by molar-refractivity contribution is 5.92. The van der Waals surface area contributed by atoms with Crippen LogP contribution in [-0.4, -0.2) is 0 Å². The summed E-state index contributed by atoms with van der Waals surface area (Å²) in [6.07, 6.45) is 0. The second-order valence-electron chi connectivity index (χ2n) is 18.9. The summed E-state index contributed by atoms with van der Waals surface area (Å²) in [5.74, 6) is 0. The summed E-state index contributed by atoms with van der Waals surface area (Å²) in [6, 6.07) is 103. The second-order valence-corrected chi connectivity index (χ2v) is 18.9. The topological polar surface area (TPSA) is 3.24 Å². The second kappa shape index (κ2) is 16.8. The van der Waals surface area contributed by atoms with Crippen LogP contribution in [0.5, 0.6) is 0 Å². The normalized spacial score (nSPS) is 14.8. The number of hydrogen-bond acceptors (Lipinski definition) is 1. The molecule has 0 radical (unpaired) electrons. The summed E-state index contributed by atoms with van der Waals surface area (Å²) in [4.78, 5) is 2.41. The van der Waals surface area contributed by atoms with Gasteiger partial charge in [0.2, 0.25) is 0 Å². The van der Waals surface area contributed by atoms with Gasteiger partial charge in [0.25, 0.3) is 0 Å². The fraction of sp³-hybridized carbons (Fsp3) is 0.0435. The zero-order chi connectivity index (χ0) is 46.7. The molecular weight excluding hydrogens is 843 g/mol. The van der Waals surface area contributed by atoms with Gasteiger partial charge in [0.15, 0.2) is 0 Å². The van der Waals surface area contributed by atoms with Gasteiger partial charge in [-0.15, -0.1) is 0 Å². The third kappa shape index (κ3) is 6.46. The fourth-order valence-corrected chi connectivity index (χ4v) is 11.9. The van der Waals surface area contributed by atoms with E-state index in [1.807, 2.05) is 0 Å². The van der Waals surface area contributed by atoms with Crippen molar-refractivity contribution in [3.8, 4) is 55.6 Å². The van der Waals surface area contributed by atoms with Gasteiger partial charge in [-0.3, -0.25) is 0 Å². The van der Waals surface area contributed by atoms with Crippen LogP contribution >= 0.6 is 0 Å². The molecule has 13 rings (SSSR count). The number of fused-ring (bicyclic) bond motifs is 6. The Hall–Kier alpha value is -8.78. The van der Waals surface area contributed by atoms with Crippen molar-refractivity contribution in [2.45, 2.75) is 17.8 Å². The summed E-state index contributed by atoms with van der Waals surface area (Å²) in [6.45, 7) is 2.39. The minimum atomic E-state index is -0.457.